The van der Waals surface area contributed by atoms with Crippen molar-refractivity contribution in [2.24, 2.45) is 0 Å². The number of amides is 1. The van der Waals surface area contributed by atoms with E-state index in [9.17, 15) is 4.79 Å². The molecule has 1 fully saturated rings. The van der Waals surface area contributed by atoms with Crippen molar-refractivity contribution in [1.29, 1.82) is 0 Å². The summed E-state index contributed by atoms with van der Waals surface area (Å²) in [5.41, 5.74) is 3.29. The lowest BCUT2D eigenvalue weighted by Crippen LogP contribution is -2.52. The van der Waals surface area contributed by atoms with Gasteiger partial charge in [-0.25, -0.2) is 5.01 Å². The summed E-state index contributed by atoms with van der Waals surface area (Å²) in [4.78, 5) is 12.4. The molecule has 1 aromatic carbocycles. The van der Waals surface area contributed by atoms with Crippen LogP contribution in [-0.2, 0) is 0 Å². The number of carbonyl (C=O) groups excluding carboxylic acids is 1. The second kappa shape index (κ2) is 7.14. The number of piperazine rings is 1. The number of rotatable bonds is 5. The molecular formula is C14H21N3O4. The van der Waals surface area contributed by atoms with Crippen LogP contribution in [0.5, 0.6) is 17.2 Å². The van der Waals surface area contributed by atoms with Gasteiger partial charge in [-0.2, -0.15) is 0 Å². The van der Waals surface area contributed by atoms with Crippen LogP contribution in [0.1, 0.15) is 10.4 Å². The number of nitrogens with zero attached hydrogens (tertiary/aromatic N) is 1. The zero-order valence-corrected chi connectivity index (χ0v) is 12.6. The van der Waals surface area contributed by atoms with Gasteiger partial charge < -0.3 is 19.5 Å². The highest BCUT2D eigenvalue weighted by Gasteiger charge is 2.22. The van der Waals surface area contributed by atoms with Crippen molar-refractivity contribution >= 4 is 5.91 Å². The number of methoxy groups -OCH3 is 3. The smallest absolute Gasteiger partial charge is 0.269 e. The molecule has 1 aliphatic heterocycles. The molecule has 1 heterocycles. The first-order valence-corrected chi connectivity index (χ1v) is 6.77. The summed E-state index contributed by atoms with van der Waals surface area (Å²) in [5, 5.41) is 5.11. The first kappa shape index (κ1) is 15.4. The summed E-state index contributed by atoms with van der Waals surface area (Å²) in [6, 6.07) is 3.35. The van der Waals surface area contributed by atoms with Gasteiger partial charge in [0.25, 0.3) is 5.91 Å². The minimum absolute atomic E-state index is 0.227. The molecule has 1 aromatic rings. The monoisotopic (exact) mass is 295 g/mol. The predicted molar refractivity (Wildman–Crippen MR) is 78.0 cm³/mol. The molecule has 2 rings (SSSR count). The minimum atomic E-state index is -0.227. The Labute approximate surface area is 124 Å². The molecule has 116 valence electrons. The molecule has 1 amide bonds. The van der Waals surface area contributed by atoms with Crippen molar-refractivity contribution in [1.82, 2.24) is 15.8 Å². The largest absolute Gasteiger partial charge is 0.493 e. The van der Waals surface area contributed by atoms with Crippen LogP contribution < -0.4 is 25.0 Å². The molecule has 0 saturated carbocycles. The second-order valence-corrected chi connectivity index (χ2v) is 4.56. The average molecular weight is 295 g/mol. The highest BCUT2D eigenvalue weighted by atomic mass is 16.5. The maximum absolute atomic E-state index is 12.4. The van der Waals surface area contributed by atoms with E-state index < -0.39 is 0 Å². The number of hydrazine groups is 1. The third-order valence-electron chi connectivity index (χ3n) is 3.33. The summed E-state index contributed by atoms with van der Waals surface area (Å²) in [5.74, 6) is 1.07. The predicted octanol–water partition coefficient (Wildman–Crippen LogP) is 0.262. The van der Waals surface area contributed by atoms with Crippen LogP contribution >= 0.6 is 0 Å². The second-order valence-electron chi connectivity index (χ2n) is 4.56. The molecule has 0 bridgehead atoms. The molecule has 0 aliphatic carbocycles. The van der Waals surface area contributed by atoms with Gasteiger partial charge in [0.1, 0.15) is 0 Å². The number of hydrogen-bond acceptors (Lipinski definition) is 6. The van der Waals surface area contributed by atoms with Crippen LogP contribution in [0.3, 0.4) is 0 Å². The summed E-state index contributed by atoms with van der Waals surface area (Å²) < 4.78 is 15.8. The lowest BCUT2D eigenvalue weighted by atomic mass is 10.1. The van der Waals surface area contributed by atoms with Crippen LogP contribution in [0, 0.1) is 0 Å². The van der Waals surface area contributed by atoms with Gasteiger partial charge in [0.15, 0.2) is 11.5 Å². The standard InChI is InChI=1S/C14H21N3O4/c1-19-11-5-4-10(12(20-2)13(11)21-3)14(18)16-17-8-6-15-7-9-17/h4-5,15H,6-9H2,1-3H3,(H,16,18). The van der Waals surface area contributed by atoms with E-state index in [1.165, 1.54) is 21.3 Å². The molecule has 0 unspecified atom stereocenters. The fourth-order valence-corrected chi connectivity index (χ4v) is 2.26. The van der Waals surface area contributed by atoms with Gasteiger partial charge in [-0.3, -0.25) is 10.2 Å². The van der Waals surface area contributed by atoms with Gasteiger partial charge in [0, 0.05) is 26.2 Å². The Morgan fingerprint density at radius 3 is 2.33 bits per heavy atom. The van der Waals surface area contributed by atoms with Crippen LogP contribution in [0.2, 0.25) is 0 Å². The molecule has 21 heavy (non-hydrogen) atoms. The van der Waals surface area contributed by atoms with E-state index in [1.54, 1.807) is 12.1 Å². The van der Waals surface area contributed by atoms with Gasteiger partial charge in [-0.05, 0) is 12.1 Å². The Morgan fingerprint density at radius 2 is 1.76 bits per heavy atom. The number of carbonyl (C=O) groups is 1. The molecular weight excluding hydrogens is 274 g/mol. The van der Waals surface area contributed by atoms with Crippen LogP contribution in [0.25, 0.3) is 0 Å². The van der Waals surface area contributed by atoms with E-state index >= 15 is 0 Å². The van der Waals surface area contributed by atoms with Crippen molar-refractivity contribution in [2.45, 2.75) is 0 Å². The van der Waals surface area contributed by atoms with Crippen molar-refractivity contribution in [3.63, 3.8) is 0 Å². The van der Waals surface area contributed by atoms with Crippen molar-refractivity contribution in [2.75, 3.05) is 47.5 Å². The fraction of sp³-hybridized carbons (Fsp3) is 0.500. The lowest BCUT2D eigenvalue weighted by molar-refractivity contribution is 0.0761. The van der Waals surface area contributed by atoms with E-state index in [1.807, 2.05) is 5.01 Å². The highest BCUT2D eigenvalue weighted by Crippen LogP contribution is 2.39. The Bertz CT molecular complexity index is 501. The van der Waals surface area contributed by atoms with Crippen LogP contribution in [0.15, 0.2) is 12.1 Å². The minimum Gasteiger partial charge on any atom is -0.493 e. The number of nitrogens with one attached hydrogen (secondary N) is 2. The Balaban J connectivity index is 2.23. The van der Waals surface area contributed by atoms with E-state index in [0.29, 0.717) is 22.8 Å². The maximum atomic E-state index is 12.4. The van der Waals surface area contributed by atoms with Gasteiger partial charge in [0.05, 0.1) is 26.9 Å². The zero-order valence-electron chi connectivity index (χ0n) is 12.6. The molecule has 1 aliphatic rings. The number of ether oxygens (including phenoxy) is 3. The normalized spacial score (nSPS) is 15.4. The Morgan fingerprint density at radius 1 is 1.10 bits per heavy atom. The maximum Gasteiger partial charge on any atom is 0.269 e. The van der Waals surface area contributed by atoms with Gasteiger partial charge >= 0.3 is 0 Å². The van der Waals surface area contributed by atoms with Crippen molar-refractivity contribution < 1.29 is 19.0 Å². The van der Waals surface area contributed by atoms with Gasteiger partial charge in [-0.15, -0.1) is 0 Å². The Kier molecular flexibility index (Phi) is 5.24. The van der Waals surface area contributed by atoms with Crippen molar-refractivity contribution in [3.05, 3.63) is 17.7 Å². The van der Waals surface area contributed by atoms with Crippen LogP contribution in [-0.4, -0.2) is 58.4 Å². The first-order valence-electron chi connectivity index (χ1n) is 6.77. The SMILES string of the molecule is COc1ccc(C(=O)NN2CCNCC2)c(OC)c1OC. The van der Waals surface area contributed by atoms with Gasteiger partial charge in [-0.1, -0.05) is 0 Å². The molecule has 0 radical (unpaired) electrons. The first-order chi connectivity index (χ1) is 10.2. The van der Waals surface area contributed by atoms with E-state index in [4.69, 9.17) is 14.2 Å². The van der Waals surface area contributed by atoms with E-state index in [-0.39, 0.29) is 5.91 Å². The molecule has 1 saturated heterocycles. The van der Waals surface area contributed by atoms with Crippen molar-refractivity contribution in [3.8, 4) is 17.2 Å². The van der Waals surface area contributed by atoms with E-state index in [0.717, 1.165) is 26.2 Å². The third kappa shape index (κ3) is 3.37. The number of benzene rings is 1. The lowest BCUT2D eigenvalue weighted by Gasteiger charge is -2.27. The number of hydrogen-bond donors (Lipinski definition) is 2. The summed E-state index contributed by atoms with van der Waals surface area (Å²) in [7, 11) is 4.55. The third-order valence-corrected chi connectivity index (χ3v) is 3.33. The molecule has 0 spiro atoms. The molecule has 2 N–H and O–H groups in total. The topological polar surface area (TPSA) is 72.1 Å². The molecule has 7 nitrogen and oxygen atoms in total. The highest BCUT2D eigenvalue weighted by molar-refractivity contribution is 5.98. The van der Waals surface area contributed by atoms with E-state index in [2.05, 4.69) is 10.7 Å². The molecule has 0 atom stereocenters. The fourth-order valence-electron chi connectivity index (χ4n) is 2.26. The summed E-state index contributed by atoms with van der Waals surface area (Å²) in [6.07, 6.45) is 0. The molecule has 7 heteroatoms. The summed E-state index contributed by atoms with van der Waals surface area (Å²) >= 11 is 0. The quantitative estimate of drug-likeness (QED) is 0.812. The van der Waals surface area contributed by atoms with Crippen LogP contribution in [0.4, 0.5) is 0 Å². The van der Waals surface area contributed by atoms with Gasteiger partial charge in [0.2, 0.25) is 5.75 Å². The zero-order chi connectivity index (χ0) is 15.2. The summed E-state index contributed by atoms with van der Waals surface area (Å²) in [6.45, 7) is 3.23. The molecule has 0 aromatic heterocycles. The Hall–Kier alpha value is -1.99. The average Bonchev–Trinajstić information content (AvgIpc) is 2.53.